The van der Waals surface area contributed by atoms with E-state index in [0.717, 1.165) is 25.2 Å². The third-order valence-electron chi connectivity index (χ3n) is 4.96. The minimum atomic E-state index is 0.134. The van der Waals surface area contributed by atoms with Crippen LogP contribution in [0.3, 0.4) is 0 Å². The number of rotatable bonds is 11. The maximum absolute atomic E-state index is 8.77. The molecule has 0 spiro atoms. The maximum Gasteiger partial charge on any atom is 0.119 e. The fraction of sp³-hybridized carbons (Fsp3) is 0.750. The van der Waals surface area contributed by atoms with E-state index in [1.54, 1.807) is 0 Å². The van der Waals surface area contributed by atoms with Crippen molar-refractivity contribution in [1.29, 1.82) is 0 Å². The summed E-state index contributed by atoms with van der Waals surface area (Å²) in [4.78, 5) is 0. The molecule has 0 atom stereocenters. The van der Waals surface area contributed by atoms with Crippen LogP contribution in [-0.4, -0.2) is 18.3 Å². The van der Waals surface area contributed by atoms with E-state index in [9.17, 15) is 0 Å². The highest BCUT2D eigenvalue weighted by atomic mass is 16.5. The van der Waals surface area contributed by atoms with Gasteiger partial charge in [0.1, 0.15) is 5.75 Å². The first-order valence-corrected chi connectivity index (χ1v) is 10.5. The average molecular weight is 363 g/mol. The highest BCUT2D eigenvalue weighted by Gasteiger charge is 2.20. The van der Waals surface area contributed by atoms with Crippen molar-refractivity contribution in [3.05, 3.63) is 29.3 Å². The van der Waals surface area contributed by atoms with Crippen LogP contribution in [0.4, 0.5) is 0 Å². The van der Waals surface area contributed by atoms with Gasteiger partial charge in [-0.2, -0.15) is 0 Å². The molecule has 26 heavy (non-hydrogen) atoms. The lowest BCUT2D eigenvalue weighted by Gasteiger charge is -2.26. The smallest absolute Gasteiger partial charge is 0.119 e. The zero-order chi connectivity index (χ0) is 19.6. The van der Waals surface area contributed by atoms with Gasteiger partial charge in [0.05, 0.1) is 6.61 Å². The highest BCUT2D eigenvalue weighted by molar-refractivity contribution is 5.40. The van der Waals surface area contributed by atoms with Gasteiger partial charge in [0.2, 0.25) is 0 Å². The summed E-state index contributed by atoms with van der Waals surface area (Å²) in [5.74, 6) is 1.02. The molecule has 0 bridgehead atoms. The quantitative estimate of drug-likeness (QED) is 0.440. The Hall–Kier alpha value is -1.02. The number of aliphatic hydroxyl groups excluding tert-OH is 1. The second-order valence-electron chi connectivity index (χ2n) is 9.65. The first-order chi connectivity index (χ1) is 12.1. The number of unbranched alkanes of at least 4 members (excludes halogenated alkanes) is 7. The molecule has 1 aromatic rings. The van der Waals surface area contributed by atoms with Gasteiger partial charge in [-0.1, -0.05) is 86.1 Å². The molecule has 0 aliphatic rings. The third-order valence-corrected chi connectivity index (χ3v) is 4.96. The second-order valence-corrected chi connectivity index (χ2v) is 9.65. The van der Waals surface area contributed by atoms with Crippen molar-refractivity contribution >= 4 is 0 Å². The van der Waals surface area contributed by atoms with Crippen LogP contribution in [0.15, 0.2) is 18.2 Å². The molecule has 0 amide bonds. The number of ether oxygens (including phenoxy) is 1. The SMILES string of the molecule is CC(C)(C)c1cc(OCCCCCCCCCCO)cc(C(C)(C)C)c1. The summed E-state index contributed by atoms with van der Waals surface area (Å²) in [6.45, 7) is 14.7. The summed E-state index contributed by atoms with van der Waals surface area (Å²) >= 11 is 0. The van der Waals surface area contributed by atoms with E-state index in [4.69, 9.17) is 9.84 Å². The van der Waals surface area contributed by atoms with E-state index >= 15 is 0 Å². The molecule has 0 radical (unpaired) electrons. The standard InChI is InChI=1S/C24H42O2/c1-23(2,3)20-17-21(24(4,5)6)19-22(18-20)26-16-14-12-10-8-7-9-11-13-15-25/h17-19,25H,7-16H2,1-6H3. The lowest BCUT2D eigenvalue weighted by Crippen LogP contribution is -2.16. The van der Waals surface area contributed by atoms with Gasteiger partial charge in [0, 0.05) is 6.61 Å². The molecular weight excluding hydrogens is 320 g/mol. The van der Waals surface area contributed by atoms with E-state index in [2.05, 4.69) is 59.7 Å². The van der Waals surface area contributed by atoms with Crippen LogP contribution in [0.25, 0.3) is 0 Å². The van der Waals surface area contributed by atoms with E-state index in [-0.39, 0.29) is 10.8 Å². The maximum atomic E-state index is 8.77. The summed E-state index contributed by atoms with van der Waals surface area (Å²) in [7, 11) is 0. The Balaban J connectivity index is 2.42. The molecule has 150 valence electrons. The van der Waals surface area contributed by atoms with Gasteiger partial charge in [-0.3, -0.25) is 0 Å². The third kappa shape index (κ3) is 9.07. The van der Waals surface area contributed by atoms with Gasteiger partial charge in [-0.25, -0.2) is 0 Å². The number of aliphatic hydroxyl groups is 1. The molecule has 1 N–H and O–H groups in total. The van der Waals surface area contributed by atoms with Crippen molar-refractivity contribution in [2.24, 2.45) is 0 Å². The Kier molecular flexibility index (Phi) is 9.71. The second kappa shape index (κ2) is 11.0. The van der Waals surface area contributed by atoms with Gasteiger partial charge in [-0.05, 0) is 46.9 Å². The van der Waals surface area contributed by atoms with Crippen LogP contribution in [0.5, 0.6) is 5.75 Å². The minimum Gasteiger partial charge on any atom is -0.494 e. The van der Waals surface area contributed by atoms with E-state index in [1.165, 1.54) is 49.7 Å². The Labute approximate surface area is 162 Å². The van der Waals surface area contributed by atoms with Crippen molar-refractivity contribution in [3.8, 4) is 5.75 Å². The van der Waals surface area contributed by atoms with E-state index < -0.39 is 0 Å². The summed E-state index contributed by atoms with van der Waals surface area (Å²) in [6, 6.07) is 6.77. The van der Waals surface area contributed by atoms with Crippen LogP contribution >= 0.6 is 0 Å². The van der Waals surface area contributed by atoms with Crippen molar-refractivity contribution in [1.82, 2.24) is 0 Å². The highest BCUT2D eigenvalue weighted by Crippen LogP contribution is 2.33. The molecule has 1 rings (SSSR count). The number of benzene rings is 1. The van der Waals surface area contributed by atoms with E-state index in [0.29, 0.717) is 6.61 Å². The average Bonchev–Trinajstić information content (AvgIpc) is 2.54. The van der Waals surface area contributed by atoms with Gasteiger partial charge >= 0.3 is 0 Å². The zero-order valence-corrected chi connectivity index (χ0v) is 18.2. The van der Waals surface area contributed by atoms with Crippen molar-refractivity contribution in [2.45, 2.75) is 104 Å². The molecule has 0 fully saturated rings. The van der Waals surface area contributed by atoms with Crippen molar-refractivity contribution < 1.29 is 9.84 Å². The van der Waals surface area contributed by atoms with Crippen molar-refractivity contribution in [3.63, 3.8) is 0 Å². The molecule has 0 aliphatic carbocycles. The molecule has 0 saturated heterocycles. The zero-order valence-electron chi connectivity index (χ0n) is 18.2. The molecule has 1 aromatic carbocycles. The fourth-order valence-electron chi connectivity index (χ4n) is 3.01. The molecule has 2 heteroatoms. The summed E-state index contributed by atoms with van der Waals surface area (Å²) in [6.07, 6.45) is 9.64. The van der Waals surface area contributed by atoms with Crippen LogP contribution in [-0.2, 0) is 10.8 Å². The summed E-state index contributed by atoms with van der Waals surface area (Å²) in [5, 5.41) is 8.77. The molecule has 0 aliphatic heterocycles. The number of hydrogen-bond donors (Lipinski definition) is 1. The lowest BCUT2D eigenvalue weighted by molar-refractivity contribution is 0.282. The Morgan fingerprint density at radius 1 is 0.654 bits per heavy atom. The molecule has 0 unspecified atom stereocenters. The molecular formula is C24H42O2. The van der Waals surface area contributed by atoms with Gasteiger partial charge in [0.25, 0.3) is 0 Å². The van der Waals surface area contributed by atoms with Gasteiger partial charge in [0.15, 0.2) is 0 Å². The first-order valence-electron chi connectivity index (χ1n) is 10.5. The Morgan fingerprint density at radius 2 is 1.08 bits per heavy atom. The largest absolute Gasteiger partial charge is 0.494 e. The first kappa shape index (κ1) is 23.0. The predicted molar refractivity (Wildman–Crippen MR) is 113 cm³/mol. The lowest BCUT2D eigenvalue weighted by atomic mass is 9.80. The van der Waals surface area contributed by atoms with Crippen LogP contribution in [0, 0.1) is 0 Å². The summed E-state index contributed by atoms with van der Waals surface area (Å²) < 4.78 is 6.11. The molecule has 0 saturated carbocycles. The number of hydrogen-bond acceptors (Lipinski definition) is 2. The minimum absolute atomic E-state index is 0.134. The van der Waals surface area contributed by atoms with E-state index in [1.807, 2.05) is 0 Å². The van der Waals surface area contributed by atoms with Crippen LogP contribution in [0.1, 0.15) is 104 Å². The van der Waals surface area contributed by atoms with Crippen LogP contribution in [0.2, 0.25) is 0 Å². The summed E-state index contributed by atoms with van der Waals surface area (Å²) in [5.41, 5.74) is 2.97. The van der Waals surface area contributed by atoms with Gasteiger partial charge < -0.3 is 9.84 Å². The van der Waals surface area contributed by atoms with Crippen molar-refractivity contribution in [2.75, 3.05) is 13.2 Å². The molecule has 2 nitrogen and oxygen atoms in total. The fourth-order valence-corrected chi connectivity index (χ4v) is 3.01. The van der Waals surface area contributed by atoms with Gasteiger partial charge in [-0.15, -0.1) is 0 Å². The van der Waals surface area contributed by atoms with Crippen LogP contribution < -0.4 is 4.74 Å². The monoisotopic (exact) mass is 362 g/mol. The molecule has 0 heterocycles. The topological polar surface area (TPSA) is 29.5 Å². The Morgan fingerprint density at radius 3 is 1.50 bits per heavy atom. The normalized spacial score (nSPS) is 12.4. The Bertz CT molecular complexity index is 474. The molecule has 0 aromatic heterocycles. The predicted octanol–water partition coefficient (Wildman–Crippen LogP) is 6.77.